The van der Waals surface area contributed by atoms with Crippen molar-refractivity contribution in [3.05, 3.63) is 30.3 Å². The number of likely N-dealkylation sites (tertiary alicyclic amines) is 1. The van der Waals surface area contributed by atoms with Gasteiger partial charge in [0.25, 0.3) is 0 Å². The van der Waals surface area contributed by atoms with Crippen molar-refractivity contribution >= 4 is 5.70 Å². The highest BCUT2D eigenvalue weighted by atomic mass is 16.5. The zero-order valence-electron chi connectivity index (χ0n) is 12.6. The molecule has 0 aromatic heterocycles. The number of methoxy groups -OCH3 is 1. The quantitative estimate of drug-likeness (QED) is 0.896. The van der Waals surface area contributed by atoms with Crippen molar-refractivity contribution < 1.29 is 9.84 Å². The van der Waals surface area contributed by atoms with Crippen LogP contribution in [0.15, 0.2) is 24.8 Å². The van der Waals surface area contributed by atoms with E-state index in [0.717, 1.165) is 18.8 Å². The number of ether oxygens (including phenoxy) is 1. The first-order valence-corrected chi connectivity index (χ1v) is 7.01. The van der Waals surface area contributed by atoms with E-state index in [1.165, 1.54) is 12.8 Å². The standard InChI is InChI=1S/C16H24N2O2/c1-12(16-14(19)8-5-9-15(16)20-4)18(3)11-13-7-6-10-17(13)2/h5,8-9,13,19H,1,6-7,10-11H2,2-4H3. The van der Waals surface area contributed by atoms with Crippen LogP contribution in [0.4, 0.5) is 0 Å². The molecule has 1 heterocycles. The molecule has 0 radical (unpaired) electrons. The summed E-state index contributed by atoms with van der Waals surface area (Å²) in [5, 5.41) is 10.1. The highest BCUT2D eigenvalue weighted by Crippen LogP contribution is 2.34. The summed E-state index contributed by atoms with van der Waals surface area (Å²) in [5.74, 6) is 0.864. The van der Waals surface area contributed by atoms with Gasteiger partial charge in [0.2, 0.25) is 0 Å². The summed E-state index contributed by atoms with van der Waals surface area (Å²) in [5.41, 5.74) is 1.47. The first-order valence-electron chi connectivity index (χ1n) is 7.01. The minimum Gasteiger partial charge on any atom is -0.507 e. The number of hydrogen-bond donors (Lipinski definition) is 1. The van der Waals surface area contributed by atoms with E-state index < -0.39 is 0 Å². The molecule has 0 saturated carbocycles. The van der Waals surface area contributed by atoms with E-state index in [-0.39, 0.29) is 5.75 Å². The molecule has 2 rings (SSSR count). The average molecular weight is 276 g/mol. The van der Waals surface area contributed by atoms with Crippen LogP contribution in [0.2, 0.25) is 0 Å². The van der Waals surface area contributed by atoms with E-state index in [1.54, 1.807) is 19.2 Å². The molecule has 1 aromatic rings. The van der Waals surface area contributed by atoms with Crippen molar-refractivity contribution in [1.82, 2.24) is 9.80 Å². The average Bonchev–Trinajstić information content (AvgIpc) is 2.83. The SMILES string of the molecule is C=C(c1c(O)cccc1OC)N(C)CC1CCCN1C. The van der Waals surface area contributed by atoms with Crippen molar-refractivity contribution in [3.8, 4) is 11.5 Å². The van der Waals surface area contributed by atoms with Crippen molar-refractivity contribution in [2.75, 3.05) is 34.3 Å². The Bertz CT molecular complexity index is 487. The van der Waals surface area contributed by atoms with Crippen molar-refractivity contribution in [2.24, 2.45) is 0 Å². The summed E-state index contributed by atoms with van der Waals surface area (Å²) in [6.45, 7) is 6.20. The smallest absolute Gasteiger partial charge is 0.131 e. The van der Waals surface area contributed by atoms with E-state index in [0.29, 0.717) is 17.4 Å². The van der Waals surface area contributed by atoms with Gasteiger partial charge in [0.05, 0.1) is 12.7 Å². The van der Waals surface area contributed by atoms with Crippen LogP contribution in [0.3, 0.4) is 0 Å². The molecule has 1 saturated heterocycles. The summed E-state index contributed by atoms with van der Waals surface area (Å²) in [6, 6.07) is 5.83. The lowest BCUT2D eigenvalue weighted by molar-refractivity contribution is 0.262. The number of aromatic hydroxyl groups is 1. The van der Waals surface area contributed by atoms with Gasteiger partial charge in [-0.3, -0.25) is 0 Å². The van der Waals surface area contributed by atoms with Crippen LogP contribution in [-0.2, 0) is 0 Å². The third kappa shape index (κ3) is 2.90. The predicted molar refractivity (Wildman–Crippen MR) is 82.0 cm³/mol. The van der Waals surface area contributed by atoms with Gasteiger partial charge < -0.3 is 19.6 Å². The molecule has 110 valence electrons. The van der Waals surface area contributed by atoms with Crippen LogP contribution in [0.5, 0.6) is 11.5 Å². The van der Waals surface area contributed by atoms with Crippen molar-refractivity contribution in [3.63, 3.8) is 0 Å². The summed E-state index contributed by atoms with van der Waals surface area (Å²) >= 11 is 0. The molecule has 0 spiro atoms. The first-order chi connectivity index (χ1) is 9.54. The van der Waals surface area contributed by atoms with Crippen molar-refractivity contribution in [2.45, 2.75) is 18.9 Å². The van der Waals surface area contributed by atoms with Gasteiger partial charge in [0.1, 0.15) is 11.5 Å². The molecule has 0 aliphatic carbocycles. The molecular formula is C16H24N2O2. The molecule has 0 amide bonds. The Labute approximate surface area is 121 Å². The van der Waals surface area contributed by atoms with E-state index in [4.69, 9.17) is 4.74 Å². The Morgan fingerprint density at radius 3 is 2.90 bits per heavy atom. The third-order valence-corrected chi connectivity index (χ3v) is 4.13. The van der Waals surface area contributed by atoms with Gasteiger partial charge in [0.15, 0.2) is 0 Å². The Morgan fingerprint density at radius 2 is 2.30 bits per heavy atom. The van der Waals surface area contributed by atoms with E-state index in [2.05, 4.69) is 23.4 Å². The Balaban J connectivity index is 2.14. The largest absolute Gasteiger partial charge is 0.507 e. The molecule has 4 heteroatoms. The van der Waals surface area contributed by atoms with Gasteiger partial charge in [0, 0.05) is 25.3 Å². The fraction of sp³-hybridized carbons (Fsp3) is 0.500. The van der Waals surface area contributed by atoms with Crippen molar-refractivity contribution in [1.29, 1.82) is 0 Å². The van der Waals surface area contributed by atoms with E-state index in [9.17, 15) is 5.11 Å². The lowest BCUT2D eigenvalue weighted by Gasteiger charge is -2.29. The molecule has 0 bridgehead atoms. The molecule has 1 aromatic carbocycles. The normalized spacial score (nSPS) is 19.1. The van der Waals surface area contributed by atoms with Gasteiger partial charge in [-0.05, 0) is 38.6 Å². The minimum atomic E-state index is 0.209. The maximum absolute atomic E-state index is 10.1. The van der Waals surface area contributed by atoms with Crippen LogP contribution < -0.4 is 4.74 Å². The first kappa shape index (κ1) is 14.7. The van der Waals surface area contributed by atoms with E-state index in [1.807, 2.05) is 13.1 Å². The van der Waals surface area contributed by atoms with Crippen LogP contribution in [-0.4, -0.2) is 55.2 Å². The number of rotatable bonds is 5. The summed E-state index contributed by atoms with van der Waals surface area (Å²) in [7, 11) is 5.78. The third-order valence-electron chi connectivity index (χ3n) is 4.13. The Kier molecular flexibility index (Phi) is 4.55. The summed E-state index contributed by atoms with van der Waals surface area (Å²) in [4.78, 5) is 4.48. The number of hydrogen-bond acceptors (Lipinski definition) is 4. The van der Waals surface area contributed by atoms with Gasteiger partial charge in [-0.2, -0.15) is 0 Å². The molecular weight excluding hydrogens is 252 g/mol. The lowest BCUT2D eigenvalue weighted by atomic mass is 10.1. The second-order valence-electron chi connectivity index (χ2n) is 5.46. The molecule has 1 aliphatic rings. The summed E-state index contributed by atoms with van der Waals surface area (Å²) in [6.07, 6.45) is 2.47. The number of nitrogens with zero attached hydrogens (tertiary/aromatic N) is 2. The second-order valence-corrected chi connectivity index (χ2v) is 5.46. The molecule has 1 atom stereocenters. The Morgan fingerprint density at radius 1 is 1.55 bits per heavy atom. The fourth-order valence-corrected chi connectivity index (χ4v) is 2.81. The maximum Gasteiger partial charge on any atom is 0.131 e. The van der Waals surface area contributed by atoms with Crippen LogP contribution >= 0.6 is 0 Å². The van der Waals surface area contributed by atoms with Crippen LogP contribution in [0.25, 0.3) is 5.70 Å². The van der Waals surface area contributed by atoms with Gasteiger partial charge >= 0.3 is 0 Å². The molecule has 1 N–H and O–H groups in total. The zero-order chi connectivity index (χ0) is 14.7. The monoisotopic (exact) mass is 276 g/mol. The zero-order valence-corrected chi connectivity index (χ0v) is 12.6. The second kappa shape index (κ2) is 6.18. The maximum atomic E-state index is 10.1. The number of benzene rings is 1. The lowest BCUT2D eigenvalue weighted by Crippen LogP contribution is -2.35. The molecule has 4 nitrogen and oxygen atoms in total. The van der Waals surface area contributed by atoms with Crippen LogP contribution in [0, 0.1) is 0 Å². The van der Waals surface area contributed by atoms with Gasteiger partial charge in [-0.25, -0.2) is 0 Å². The fourth-order valence-electron chi connectivity index (χ4n) is 2.81. The van der Waals surface area contributed by atoms with E-state index >= 15 is 0 Å². The van der Waals surface area contributed by atoms with Gasteiger partial charge in [-0.15, -0.1) is 0 Å². The predicted octanol–water partition coefficient (Wildman–Crippen LogP) is 2.40. The highest BCUT2D eigenvalue weighted by Gasteiger charge is 2.24. The number of phenolic OH excluding ortho intramolecular Hbond substituents is 1. The number of likely N-dealkylation sites (N-methyl/N-ethyl adjacent to an activating group) is 2. The Hall–Kier alpha value is -1.68. The highest BCUT2D eigenvalue weighted by molar-refractivity contribution is 5.72. The molecule has 1 unspecified atom stereocenters. The van der Waals surface area contributed by atoms with Gasteiger partial charge in [-0.1, -0.05) is 12.6 Å². The number of phenols is 1. The van der Waals surface area contributed by atoms with Crippen LogP contribution in [0.1, 0.15) is 18.4 Å². The minimum absolute atomic E-state index is 0.209. The topological polar surface area (TPSA) is 35.9 Å². The summed E-state index contributed by atoms with van der Waals surface area (Å²) < 4.78 is 5.33. The molecule has 20 heavy (non-hydrogen) atoms. The molecule has 1 aliphatic heterocycles. The molecule has 1 fully saturated rings.